The van der Waals surface area contributed by atoms with Gasteiger partial charge in [-0.25, -0.2) is 4.79 Å². The second-order valence-electron chi connectivity index (χ2n) is 10.8. The minimum absolute atomic E-state index is 0.133. The molecule has 5 rings (SSSR count). The summed E-state index contributed by atoms with van der Waals surface area (Å²) >= 11 is 12.5. The Labute approximate surface area is 261 Å². The minimum atomic E-state index is -0.702. The molecular weight excluding hydrogens is 589 g/mol. The summed E-state index contributed by atoms with van der Waals surface area (Å²) in [5, 5.41) is 1.20. The fourth-order valence-electron chi connectivity index (χ4n) is 5.47. The van der Waals surface area contributed by atoms with E-state index >= 15 is 0 Å². The molecule has 1 fully saturated rings. The summed E-state index contributed by atoms with van der Waals surface area (Å²) in [6.45, 7) is 5.64. The maximum atomic E-state index is 14.6. The third kappa shape index (κ3) is 6.65. The summed E-state index contributed by atoms with van der Waals surface area (Å²) in [5.41, 5.74) is 8.39. The van der Waals surface area contributed by atoms with E-state index in [1.54, 1.807) is 16.9 Å². The van der Waals surface area contributed by atoms with Crippen LogP contribution in [0.15, 0.2) is 71.7 Å². The Balaban J connectivity index is 1.64. The molecule has 1 saturated heterocycles. The number of amidine groups is 1. The van der Waals surface area contributed by atoms with E-state index in [4.69, 9.17) is 43.4 Å². The van der Waals surface area contributed by atoms with E-state index in [0.717, 1.165) is 17.4 Å². The molecule has 0 saturated carbocycles. The summed E-state index contributed by atoms with van der Waals surface area (Å²) in [6.07, 6.45) is -0.117. The van der Waals surface area contributed by atoms with E-state index < -0.39 is 18.2 Å². The van der Waals surface area contributed by atoms with Gasteiger partial charge in [0.1, 0.15) is 29.5 Å². The fraction of sp³-hybridized carbons (Fsp3) is 0.344. The van der Waals surface area contributed by atoms with Crippen molar-refractivity contribution in [3.8, 4) is 11.5 Å². The highest BCUT2D eigenvalue weighted by molar-refractivity contribution is 6.30. The number of urea groups is 1. The van der Waals surface area contributed by atoms with Gasteiger partial charge in [0.15, 0.2) is 6.29 Å². The maximum Gasteiger partial charge on any atom is 0.326 e. The first-order valence-corrected chi connectivity index (χ1v) is 14.9. The second-order valence-corrected chi connectivity index (χ2v) is 11.6. The quantitative estimate of drug-likeness (QED) is 0.330. The highest BCUT2D eigenvalue weighted by Gasteiger charge is 2.45. The lowest BCUT2D eigenvalue weighted by atomic mass is 9.93. The molecule has 0 aromatic heterocycles. The number of carbonyl (C=O) groups excluding carboxylic acids is 2. The summed E-state index contributed by atoms with van der Waals surface area (Å²) in [4.78, 5) is 36.5. The lowest BCUT2D eigenvalue weighted by Crippen LogP contribution is -2.57. The van der Waals surface area contributed by atoms with E-state index in [2.05, 4.69) is 0 Å². The van der Waals surface area contributed by atoms with Crippen molar-refractivity contribution in [1.29, 1.82) is 0 Å². The van der Waals surface area contributed by atoms with Crippen LogP contribution in [0, 0.1) is 0 Å². The third-order valence-corrected chi connectivity index (χ3v) is 8.14. The number of piperazine rings is 1. The number of rotatable bonds is 8. The summed E-state index contributed by atoms with van der Waals surface area (Å²) in [7, 11) is 1.60. The van der Waals surface area contributed by atoms with Crippen LogP contribution in [0.4, 0.5) is 4.79 Å². The van der Waals surface area contributed by atoms with Crippen LogP contribution in [-0.2, 0) is 4.79 Å². The number of ether oxygens (including phenoxy) is 2. The second kappa shape index (κ2) is 13.3. The molecule has 3 atom stereocenters. The first-order chi connectivity index (χ1) is 20.7. The van der Waals surface area contributed by atoms with Crippen LogP contribution in [0.25, 0.3) is 0 Å². The first kappa shape index (κ1) is 30.8. The minimum Gasteiger partial charge on any atom is -0.497 e. The summed E-state index contributed by atoms with van der Waals surface area (Å²) in [5.74, 6) is 1.66. The van der Waals surface area contributed by atoms with Crippen molar-refractivity contribution in [2.45, 2.75) is 38.2 Å². The molecule has 43 heavy (non-hydrogen) atoms. The van der Waals surface area contributed by atoms with E-state index in [1.165, 1.54) is 0 Å². The number of aliphatic imine (C=N–C) groups is 1. The summed E-state index contributed by atoms with van der Waals surface area (Å²) < 4.78 is 11.7. The molecule has 3 aromatic rings. The van der Waals surface area contributed by atoms with Gasteiger partial charge in [0.2, 0.25) is 0 Å². The summed E-state index contributed by atoms with van der Waals surface area (Å²) in [6, 6.07) is 19.4. The van der Waals surface area contributed by atoms with Crippen LogP contribution < -0.4 is 15.2 Å². The van der Waals surface area contributed by atoms with E-state index in [0.29, 0.717) is 59.1 Å². The zero-order chi connectivity index (χ0) is 30.7. The fourth-order valence-corrected chi connectivity index (χ4v) is 5.72. The maximum absolute atomic E-state index is 14.6. The van der Waals surface area contributed by atoms with Crippen LogP contribution in [-0.4, -0.2) is 78.4 Å². The van der Waals surface area contributed by atoms with Crippen molar-refractivity contribution in [3.63, 3.8) is 0 Å². The molecule has 9 nitrogen and oxygen atoms in total. The average molecular weight is 625 g/mol. The smallest absolute Gasteiger partial charge is 0.326 e. The van der Waals surface area contributed by atoms with Crippen molar-refractivity contribution in [2.75, 3.05) is 33.3 Å². The monoisotopic (exact) mass is 623 g/mol. The highest BCUT2D eigenvalue weighted by Crippen LogP contribution is 2.46. The van der Waals surface area contributed by atoms with Crippen molar-refractivity contribution >= 4 is 41.4 Å². The van der Waals surface area contributed by atoms with E-state index in [1.807, 2.05) is 85.5 Å². The molecule has 3 aromatic carbocycles. The Bertz CT molecular complexity index is 1470. The van der Waals surface area contributed by atoms with Gasteiger partial charge in [-0.05, 0) is 61.4 Å². The number of halogens is 2. The lowest BCUT2D eigenvalue weighted by Gasteiger charge is -2.39. The molecule has 0 aliphatic carbocycles. The van der Waals surface area contributed by atoms with E-state index in [9.17, 15) is 9.59 Å². The highest BCUT2D eigenvalue weighted by atomic mass is 35.5. The molecule has 2 aliphatic rings. The Morgan fingerprint density at radius 1 is 0.953 bits per heavy atom. The molecule has 2 amide bonds. The number of benzene rings is 3. The SMILES string of the molecule is COc1ccc(C2=NC(c3ccc(Cl)cc3)C(c3ccc(Cl)cc3)N2C(=O)N2CCN(C(N)C=O)CC2)c(OC(C)C)c1. The van der Waals surface area contributed by atoms with Gasteiger partial charge in [0.25, 0.3) is 0 Å². The normalized spacial score (nSPS) is 19.7. The molecular formula is C32H35Cl2N5O4. The third-order valence-electron chi connectivity index (χ3n) is 7.63. The zero-order valence-corrected chi connectivity index (χ0v) is 25.8. The number of carbonyl (C=O) groups is 2. The standard InChI is InChI=1S/C32H35Cl2N5O4/c1-20(2)43-27-18-25(42-3)12-13-26(27)31-36-29(21-4-8-23(33)9-5-21)30(22-6-10-24(34)11-7-22)39(31)32(41)38-16-14-37(15-17-38)28(35)19-40/h4-13,18-20,28-30H,14-17,35H2,1-3H3. The Kier molecular flexibility index (Phi) is 9.56. The number of nitrogens with zero attached hydrogens (tertiary/aromatic N) is 4. The van der Waals surface area contributed by atoms with Gasteiger partial charge >= 0.3 is 6.03 Å². The molecule has 0 bridgehead atoms. The molecule has 0 radical (unpaired) electrons. The Morgan fingerprint density at radius 2 is 1.56 bits per heavy atom. The lowest BCUT2D eigenvalue weighted by molar-refractivity contribution is -0.112. The van der Waals surface area contributed by atoms with Crippen molar-refractivity contribution in [2.24, 2.45) is 10.7 Å². The number of hydrogen-bond donors (Lipinski definition) is 1. The van der Waals surface area contributed by atoms with Gasteiger partial charge in [-0.3, -0.25) is 14.8 Å². The van der Waals surface area contributed by atoms with Crippen molar-refractivity contribution < 1.29 is 19.1 Å². The van der Waals surface area contributed by atoms with Gasteiger partial charge in [0, 0.05) is 42.3 Å². The van der Waals surface area contributed by atoms with Crippen LogP contribution in [0.3, 0.4) is 0 Å². The molecule has 2 heterocycles. The number of amides is 2. The van der Waals surface area contributed by atoms with Crippen LogP contribution in [0.5, 0.6) is 11.5 Å². The van der Waals surface area contributed by atoms with Crippen molar-refractivity contribution in [3.05, 3.63) is 93.5 Å². The Morgan fingerprint density at radius 3 is 2.12 bits per heavy atom. The number of aldehydes is 1. The molecule has 226 valence electrons. The predicted molar refractivity (Wildman–Crippen MR) is 168 cm³/mol. The number of methoxy groups -OCH3 is 1. The number of nitrogens with two attached hydrogens (primary N) is 1. The first-order valence-electron chi connectivity index (χ1n) is 14.2. The predicted octanol–water partition coefficient (Wildman–Crippen LogP) is 5.56. The van der Waals surface area contributed by atoms with Gasteiger partial charge in [-0.15, -0.1) is 0 Å². The average Bonchev–Trinajstić information content (AvgIpc) is 3.41. The zero-order valence-electron chi connectivity index (χ0n) is 24.3. The molecule has 2 N–H and O–H groups in total. The van der Waals surface area contributed by atoms with E-state index in [-0.39, 0.29) is 12.1 Å². The van der Waals surface area contributed by atoms with Gasteiger partial charge in [-0.1, -0.05) is 47.5 Å². The molecule has 0 spiro atoms. The Hall–Kier alpha value is -3.63. The topological polar surface area (TPSA) is 101 Å². The van der Waals surface area contributed by atoms with Gasteiger partial charge in [-0.2, -0.15) is 0 Å². The largest absolute Gasteiger partial charge is 0.497 e. The van der Waals surface area contributed by atoms with Crippen LogP contribution in [0.1, 0.15) is 42.6 Å². The molecule has 3 unspecified atom stereocenters. The van der Waals surface area contributed by atoms with Crippen LogP contribution >= 0.6 is 23.2 Å². The molecule has 2 aliphatic heterocycles. The van der Waals surface area contributed by atoms with Crippen molar-refractivity contribution in [1.82, 2.24) is 14.7 Å². The number of hydrogen-bond acceptors (Lipinski definition) is 7. The van der Waals surface area contributed by atoms with Crippen LogP contribution in [0.2, 0.25) is 10.0 Å². The van der Waals surface area contributed by atoms with Gasteiger partial charge < -0.3 is 24.9 Å². The molecule has 11 heteroatoms. The van der Waals surface area contributed by atoms with Gasteiger partial charge in [0.05, 0.1) is 24.8 Å².